The summed E-state index contributed by atoms with van der Waals surface area (Å²) in [5, 5.41) is 3.31. The predicted molar refractivity (Wildman–Crippen MR) is 52.0 cm³/mol. The summed E-state index contributed by atoms with van der Waals surface area (Å²) in [5.74, 6) is 0. The van der Waals surface area contributed by atoms with Gasteiger partial charge in [-0.25, -0.2) is 0 Å². The molecule has 1 aromatic carbocycles. The first-order valence-electron chi connectivity index (χ1n) is 4.51. The van der Waals surface area contributed by atoms with Crippen LogP contribution in [0.25, 0.3) is 0 Å². The number of nitrogens with one attached hydrogen (secondary N) is 1. The average Bonchev–Trinajstić information content (AvgIpc) is 2.15. The molecule has 1 N–H and O–H groups in total. The van der Waals surface area contributed by atoms with E-state index >= 15 is 0 Å². The zero-order valence-corrected chi connectivity index (χ0v) is 7.80. The van der Waals surface area contributed by atoms with Crippen LogP contribution in [0.2, 0.25) is 0 Å². The molecule has 1 unspecified atom stereocenters. The quantitative estimate of drug-likeness (QED) is 0.717. The van der Waals surface area contributed by atoms with Gasteiger partial charge < -0.3 is 5.32 Å². The molecule has 0 fully saturated rings. The van der Waals surface area contributed by atoms with Crippen molar-refractivity contribution in [3.8, 4) is 0 Å². The van der Waals surface area contributed by atoms with E-state index < -0.39 is 0 Å². The molecule has 1 radical (unpaired) electrons. The Balaban J connectivity index is 2.66. The molecule has 0 amide bonds. The summed E-state index contributed by atoms with van der Waals surface area (Å²) in [4.78, 5) is 0. The lowest BCUT2D eigenvalue weighted by Gasteiger charge is -2.14. The first-order valence-corrected chi connectivity index (χ1v) is 4.51. The fourth-order valence-corrected chi connectivity index (χ4v) is 1.40. The van der Waals surface area contributed by atoms with E-state index in [1.165, 1.54) is 18.4 Å². The van der Waals surface area contributed by atoms with Crippen LogP contribution < -0.4 is 5.32 Å². The number of rotatable bonds is 4. The van der Waals surface area contributed by atoms with Gasteiger partial charge in [0.25, 0.3) is 0 Å². The summed E-state index contributed by atoms with van der Waals surface area (Å²) < 4.78 is 0. The number of hydrogen-bond donors (Lipinski definition) is 1. The molecule has 0 saturated heterocycles. The van der Waals surface area contributed by atoms with Crippen molar-refractivity contribution in [3.63, 3.8) is 0 Å². The SMILES string of the molecule is CCCC(NC)c1cc[c]cc1. The van der Waals surface area contributed by atoms with Gasteiger partial charge >= 0.3 is 0 Å². The topological polar surface area (TPSA) is 12.0 Å². The van der Waals surface area contributed by atoms with Crippen molar-refractivity contribution < 1.29 is 0 Å². The minimum Gasteiger partial charge on any atom is -0.313 e. The molecule has 0 spiro atoms. The molecule has 0 heterocycles. The highest BCUT2D eigenvalue weighted by Crippen LogP contribution is 2.16. The van der Waals surface area contributed by atoms with Crippen LogP contribution in [0, 0.1) is 6.07 Å². The molecule has 65 valence electrons. The standard InChI is InChI=1S/C11H16N/c1-3-7-11(12-2)10-8-5-4-6-9-10/h5-6,8-9,11-12H,3,7H2,1-2H3. The normalized spacial score (nSPS) is 12.8. The van der Waals surface area contributed by atoms with Gasteiger partial charge in [-0.2, -0.15) is 0 Å². The first-order chi connectivity index (χ1) is 5.88. The van der Waals surface area contributed by atoms with Crippen LogP contribution in [-0.2, 0) is 0 Å². The molecule has 0 saturated carbocycles. The first kappa shape index (κ1) is 9.27. The van der Waals surface area contributed by atoms with Gasteiger partial charge in [0, 0.05) is 6.04 Å². The predicted octanol–water partition coefficient (Wildman–Crippen LogP) is 2.55. The Morgan fingerprint density at radius 2 is 2.08 bits per heavy atom. The lowest BCUT2D eigenvalue weighted by Crippen LogP contribution is -2.15. The van der Waals surface area contributed by atoms with E-state index in [1.807, 2.05) is 19.2 Å². The third-order valence-corrected chi connectivity index (χ3v) is 2.07. The van der Waals surface area contributed by atoms with Gasteiger partial charge in [0.2, 0.25) is 0 Å². The monoisotopic (exact) mass is 162 g/mol. The molecule has 0 aliphatic heterocycles. The summed E-state index contributed by atoms with van der Waals surface area (Å²) in [7, 11) is 2.01. The molecule has 1 aromatic rings. The van der Waals surface area contributed by atoms with Gasteiger partial charge in [0.1, 0.15) is 0 Å². The Morgan fingerprint density at radius 3 is 2.58 bits per heavy atom. The molecule has 0 bridgehead atoms. The van der Waals surface area contributed by atoms with Crippen molar-refractivity contribution in [2.45, 2.75) is 25.8 Å². The second-order valence-electron chi connectivity index (χ2n) is 2.96. The van der Waals surface area contributed by atoms with E-state index in [4.69, 9.17) is 0 Å². The molecule has 1 nitrogen and oxygen atoms in total. The van der Waals surface area contributed by atoms with Crippen molar-refractivity contribution >= 4 is 0 Å². The smallest absolute Gasteiger partial charge is 0.0317 e. The Bertz CT molecular complexity index is 206. The third-order valence-electron chi connectivity index (χ3n) is 2.07. The van der Waals surface area contributed by atoms with Gasteiger partial charge in [-0.05, 0) is 25.1 Å². The number of hydrogen-bond acceptors (Lipinski definition) is 1. The lowest BCUT2D eigenvalue weighted by molar-refractivity contribution is 0.541. The molecule has 12 heavy (non-hydrogen) atoms. The summed E-state index contributed by atoms with van der Waals surface area (Å²) in [6.07, 6.45) is 2.41. The second-order valence-corrected chi connectivity index (χ2v) is 2.96. The van der Waals surface area contributed by atoms with Crippen LogP contribution in [0.3, 0.4) is 0 Å². The second kappa shape index (κ2) is 4.94. The molecule has 0 aliphatic rings. The van der Waals surface area contributed by atoms with Crippen LogP contribution >= 0.6 is 0 Å². The zero-order chi connectivity index (χ0) is 8.81. The van der Waals surface area contributed by atoms with Crippen LogP contribution in [0.1, 0.15) is 31.4 Å². The summed E-state index contributed by atoms with van der Waals surface area (Å²) in [5.41, 5.74) is 1.36. The highest BCUT2D eigenvalue weighted by Gasteiger charge is 2.05. The van der Waals surface area contributed by atoms with Crippen molar-refractivity contribution in [1.29, 1.82) is 0 Å². The molecule has 1 heteroatoms. The molecular weight excluding hydrogens is 146 g/mol. The summed E-state index contributed by atoms with van der Waals surface area (Å²) >= 11 is 0. The van der Waals surface area contributed by atoms with E-state index in [0.717, 1.165) is 0 Å². The highest BCUT2D eigenvalue weighted by atomic mass is 14.9. The van der Waals surface area contributed by atoms with Gasteiger partial charge in [0.15, 0.2) is 0 Å². The summed E-state index contributed by atoms with van der Waals surface area (Å²) in [6.45, 7) is 2.21. The van der Waals surface area contributed by atoms with Crippen molar-refractivity contribution in [3.05, 3.63) is 35.9 Å². The molecule has 1 rings (SSSR count). The Kier molecular flexibility index (Phi) is 3.81. The Labute approximate surface area is 74.8 Å². The fourth-order valence-electron chi connectivity index (χ4n) is 1.40. The van der Waals surface area contributed by atoms with E-state index in [0.29, 0.717) is 6.04 Å². The maximum atomic E-state index is 3.31. The highest BCUT2D eigenvalue weighted by molar-refractivity contribution is 5.17. The van der Waals surface area contributed by atoms with Gasteiger partial charge in [0.05, 0.1) is 0 Å². The third kappa shape index (κ3) is 2.35. The van der Waals surface area contributed by atoms with Crippen molar-refractivity contribution in [2.75, 3.05) is 7.05 Å². The Hall–Kier alpha value is -0.820. The van der Waals surface area contributed by atoms with Crippen LogP contribution in [0.5, 0.6) is 0 Å². The van der Waals surface area contributed by atoms with Gasteiger partial charge in [-0.15, -0.1) is 0 Å². The van der Waals surface area contributed by atoms with Crippen LogP contribution in [0.15, 0.2) is 24.3 Å². The molecule has 0 aliphatic carbocycles. The van der Waals surface area contributed by atoms with Crippen LogP contribution in [-0.4, -0.2) is 7.05 Å². The zero-order valence-electron chi connectivity index (χ0n) is 7.80. The number of benzene rings is 1. The van der Waals surface area contributed by atoms with Crippen molar-refractivity contribution in [2.24, 2.45) is 0 Å². The molecule has 0 aromatic heterocycles. The Morgan fingerprint density at radius 1 is 1.42 bits per heavy atom. The molecule has 1 atom stereocenters. The lowest BCUT2D eigenvalue weighted by atomic mass is 10.0. The maximum absolute atomic E-state index is 3.31. The van der Waals surface area contributed by atoms with E-state index in [2.05, 4.69) is 30.4 Å². The van der Waals surface area contributed by atoms with E-state index in [-0.39, 0.29) is 0 Å². The largest absolute Gasteiger partial charge is 0.313 e. The van der Waals surface area contributed by atoms with Gasteiger partial charge in [-0.3, -0.25) is 0 Å². The molecular formula is C11H16N. The fraction of sp³-hybridized carbons (Fsp3) is 0.455. The van der Waals surface area contributed by atoms with Gasteiger partial charge in [-0.1, -0.05) is 37.6 Å². The average molecular weight is 162 g/mol. The summed E-state index contributed by atoms with van der Waals surface area (Å²) in [6, 6.07) is 11.7. The van der Waals surface area contributed by atoms with E-state index in [9.17, 15) is 0 Å². The van der Waals surface area contributed by atoms with E-state index in [1.54, 1.807) is 0 Å². The van der Waals surface area contributed by atoms with Crippen molar-refractivity contribution in [1.82, 2.24) is 5.32 Å². The van der Waals surface area contributed by atoms with Crippen LogP contribution in [0.4, 0.5) is 0 Å². The maximum Gasteiger partial charge on any atom is 0.0317 e. The minimum absolute atomic E-state index is 0.504. The minimum atomic E-state index is 0.504.